The van der Waals surface area contributed by atoms with E-state index in [0.29, 0.717) is 18.0 Å². The fourth-order valence-corrected chi connectivity index (χ4v) is 5.76. The van der Waals surface area contributed by atoms with Gasteiger partial charge in [-0.1, -0.05) is 24.3 Å². The van der Waals surface area contributed by atoms with E-state index in [1.165, 1.54) is 30.3 Å². The lowest BCUT2D eigenvalue weighted by Crippen LogP contribution is -2.20. The number of benzene rings is 3. The first-order valence-corrected chi connectivity index (χ1v) is 12.7. The first-order chi connectivity index (χ1) is 15.2. The molecule has 3 aromatic carbocycles. The van der Waals surface area contributed by atoms with Gasteiger partial charge in [0.05, 0.1) is 10.6 Å². The van der Waals surface area contributed by atoms with Gasteiger partial charge in [-0.25, -0.2) is 16.8 Å². The van der Waals surface area contributed by atoms with Crippen LogP contribution < -0.4 is 18.9 Å². The molecule has 168 valence electrons. The SMILES string of the molecule is Cc1cccc(C)c1NS(=O)(=O)c1ccc(NS(=O)(=O)c2cccc3c2OCCO3)cc1. The number of anilines is 2. The second-order valence-corrected chi connectivity index (χ2v) is 10.6. The van der Waals surface area contributed by atoms with Crippen molar-refractivity contribution in [2.24, 2.45) is 0 Å². The number of sulfonamides is 2. The minimum Gasteiger partial charge on any atom is -0.486 e. The summed E-state index contributed by atoms with van der Waals surface area (Å²) in [5.41, 5.74) is 2.34. The van der Waals surface area contributed by atoms with Gasteiger partial charge in [-0.3, -0.25) is 9.44 Å². The van der Waals surface area contributed by atoms with Crippen molar-refractivity contribution in [2.45, 2.75) is 23.6 Å². The Hall–Kier alpha value is -3.24. The highest BCUT2D eigenvalue weighted by Crippen LogP contribution is 2.37. The maximum Gasteiger partial charge on any atom is 0.265 e. The van der Waals surface area contributed by atoms with Crippen LogP contribution in [0.15, 0.2) is 70.5 Å². The van der Waals surface area contributed by atoms with Crippen LogP contribution >= 0.6 is 0 Å². The molecule has 0 aromatic heterocycles. The zero-order valence-corrected chi connectivity index (χ0v) is 19.1. The summed E-state index contributed by atoms with van der Waals surface area (Å²) >= 11 is 0. The second kappa shape index (κ2) is 8.36. The monoisotopic (exact) mass is 474 g/mol. The van der Waals surface area contributed by atoms with E-state index in [0.717, 1.165) is 11.1 Å². The van der Waals surface area contributed by atoms with E-state index in [4.69, 9.17) is 9.47 Å². The molecule has 2 N–H and O–H groups in total. The van der Waals surface area contributed by atoms with E-state index < -0.39 is 20.0 Å². The van der Waals surface area contributed by atoms with E-state index >= 15 is 0 Å². The summed E-state index contributed by atoms with van der Waals surface area (Å²) in [4.78, 5) is -0.0417. The number of aryl methyl sites for hydroxylation is 2. The highest BCUT2D eigenvalue weighted by molar-refractivity contribution is 7.93. The van der Waals surface area contributed by atoms with E-state index in [-0.39, 0.29) is 27.8 Å². The van der Waals surface area contributed by atoms with Crippen LogP contribution in [0.4, 0.5) is 11.4 Å². The molecule has 0 unspecified atom stereocenters. The number of nitrogens with one attached hydrogen (secondary N) is 2. The lowest BCUT2D eigenvalue weighted by Gasteiger charge is -2.21. The molecule has 32 heavy (non-hydrogen) atoms. The Morgan fingerprint density at radius 1 is 0.719 bits per heavy atom. The zero-order valence-electron chi connectivity index (χ0n) is 17.5. The molecule has 10 heteroatoms. The van der Waals surface area contributed by atoms with E-state index in [9.17, 15) is 16.8 Å². The standard InChI is InChI=1S/C22H22N2O6S2/c1-15-5-3-6-16(2)21(15)24-31(25,26)18-11-9-17(10-12-18)23-32(27,28)20-8-4-7-19-22(20)30-14-13-29-19/h3-12,23-24H,13-14H2,1-2H3. The number of hydrogen-bond acceptors (Lipinski definition) is 6. The molecule has 1 heterocycles. The topological polar surface area (TPSA) is 111 Å². The maximum absolute atomic E-state index is 12.9. The normalized spacial score (nSPS) is 13.4. The molecule has 0 fully saturated rings. The van der Waals surface area contributed by atoms with Crippen LogP contribution in [0.25, 0.3) is 0 Å². The molecule has 0 amide bonds. The minimum atomic E-state index is -3.98. The lowest BCUT2D eigenvalue weighted by atomic mass is 10.1. The quantitative estimate of drug-likeness (QED) is 0.564. The first-order valence-electron chi connectivity index (χ1n) is 9.78. The van der Waals surface area contributed by atoms with Crippen molar-refractivity contribution >= 4 is 31.4 Å². The van der Waals surface area contributed by atoms with Crippen LogP contribution in [0, 0.1) is 13.8 Å². The first kappa shape index (κ1) is 22.0. The summed E-state index contributed by atoms with van der Waals surface area (Å²) in [6, 6.07) is 15.6. The van der Waals surface area contributed by atoms with Gasteiger partial charge in [0.1, 0.15) is 18.1 Å². The fourth-order valence-electron chi connectivity index (χ4n) is 3.34. The van der Waals surface area contributed by atoms with Gasteiger partial charge in [-0.2, -0.15) is 0 Å². The molecular formula is C22H22N2O6S2. The van der Waals surface area contributed by atoms with Crippen molar-refractivity contribution in [3.63, 3.8) is 0 Å². The smallest absolute Gasteiger partial charge is 0.265 e. The number of para-hydroxylation sites is 2. The molecule has 0 spiro atoms. The van der Waals surface area contributed by atoms with Crippen LogP contribution in [0.3, 0.4) is 0 Å². The molecule has 0 bridgehead atoms. The maximum atomic E-state index is 12.9. The Balaban J connectivity index is 1.57. The molecule has 8 nitrogen and oxygen atoms in total. The van der Waals surface area contributed by atoms with Gasteiger partial charge in [0.2, 0.25) is 0 Å². The predicted octanol–water partition coefficient (Wildman–Crippen LogP) is 3.68. The number of hydrogen-bond donors (Lipinski definition) is 2. The third-order valence-electron chi connectivity index (χ3n) is 4.95. The van der Waals surface area contributed by atoms with Gasteiger partial charge in [0, 0.05) is 5.69 Å². The molecular weight excluding hydrogens is 452 g/mol. The molecule has 4 rings (SSSR count). The summed E-state index contributed by atoms with van der Waals surface area (Å²) in [7, 11) is -7.83. The Bertz CT molecular complexity index is 1350. The molecule has 1 aliphatic heterocycles. The van der Waals surface area contributed by atoms with Crippen molar-refractivity contribution in [3.05, 3.63) is 71.8 Å². The molecule has 1 aliphatic rings. The average Bonchev–Trinajstić information content (AvgIpc) is 2.76. The molecule has 0 saturated heterocycles. The third kappa shape index (κ3) is 4.37. The third-order valence-corrected chi connectivity index (χ3v) is 7.72. The van der Waals surface area contributed by atoms with Crippen LogP contribution in [0.1, 0.15) is 11.1 Å². The summed E-state index contributed by atoms with van der Waals surface area (Å²) in [5.74, 6) is 0.515. The van der Waals surface area contributed by atoms with Crippen LogP contribution in [-0.4, -0.2) is 30.0 Å². The number of fused-ring (bicyclic) bond motifs is 1. The zero-order chi connectivity index (χ0) is 22.9. The fraction of sp³-hybridized carbons (Fsp3) is 0.182. The Labute approximate surface area is 187 Å². The lowest BCUT2D eigenvalue weighted by molar-refractivity contribution is 0.167. The van der Waals surface area contributed by atoms with Crippen molar-refractivity contribution in [2.75, 3.05) is 22.7 Å². The van der Waals surface area contributed by atoms with Crippen molar-refractivity contribution in [3.8, 4) is 11.5 Å². The largest absolute Gasteiger partial charge is 0.486 e. The van der Waals surface area contributed by atoms with Crippen LogP contribution in [0.5, 0.6) is 11.5 Å². The summed E-state index contributed by atoms with van der Waals surface area (Å²) in [6.45, 7) is 4.23. The number of rotatable bonds is 6. The van der Waals surface area contributed by atoms with Gasteiger partial charge >= 0.3 is 0 Å². The summed E-state index contributed by atoms with van der Waals surface area (Å²) in [6.07, 6.45) is 0. The van der Waals surface area contributed by atoms with Gasteiger partial charge in [-0.05, 0) is 61.4 Å². The van der Waals surface area contributed by atoms with Crippen LogP contribution in [0.2, 0.25) is 0 Å². The van der Waals surface area contributed by atoms with Gasteiger partial charge in [0.15, 0.2) is 11.5 Å². The predicted molar refractivity (Wildman–Crippen MR) is 121 cm³/mol. The molecule has 0 saturated carbocycles. The van der Waals surface area contributed by atoms with Gasteiger partial charge in [-0.15, -0.1) is 0 Å². The van der Waals surface area contributed by atoms with E-state index in [1.54, 1.807) is 12.1 Å². The van der Waals surface area contributed by atoms with Crippen LogP contribution in [-0.2, 0) is 20.0 Å². The second-order valence-electron chi connectivity index (χ2n) is 7.28. The number of ether oxygens (including phenoxy) is 2. The highest BCUT2D eigenvalue weighted by Gasteiger charge is 2.25. The Kier molecular flexibility index (Phi) is 5.74. The Morgan fingerprint density at radius 2 is 1.34 bits per heavy atom. The van der Waals surface area contributed by atoms with E-state index in [1.807, 2.05) is 32.0 Å². The van der Waals surface area contributed by atoms with E-state index in [2.05, 4.69) is 9.44 Å². The minimum absolute atomic E-state index is 0.0110. The highest BCUT2D eigenvalue weighted by atomic mass is 32.2. The average molecular weight is 475 g/mol. The molecule has 0 atom stereocenters. The Morgan fingerprint density at radius 3 is 2.03 bits per heavy atom. The van der Waals surface area contributed by atoms with Crippen molar-refractivity contribution in [1.29, 1.82) is 0 Å². The molecule has 3 aromatic rings. The van der Waals surface area contributed by atoms with Crippen molar-refractivity contribution < 1.29 is 26.3 Å². The van der Waals surface area contributed by atoms with Gasteiger partial charge in [0.25, 0.3) is 20.0 Å². The molecule has 0 aliphatic carbocycles. The van der Waals surface area contributed by atoms with Gasteiger partial charge < -0.3 is 9.47 Å². The summed E-state index contributed by atoms with van der Waals surface area (Å²) < 4.78 is 67.4. The summed E-state index contributed by atoms with van der Waals surface area (Å²) in [5, 5.41) is 0. The molecule has 0 radical (unpaired) electrons. The van der Waals surface area contributed by atoms with Crippen molar-refractivity contribution in [1.82, 2.24) is 0 Å².